The molecule has 2 N–H and O–H groups in total. The average molecular weight is 211 g/mol. The van der Waals surface area contributed by atoms with Gasteiger partial charge in [-0.2, -0.15) is 0 Å². The molecule has 0 aromatic carbocycles. The zero-order chi connectivity index (χ0) is 11.3. The summed E-state index contributed by atoms with van der Waals surface area (Å²) in [5, 5.41) is 3.18. The highest BCUT2D eigenvalue weighted by atomic mass is 16.5. The van der Waals surface area contributed by atoms with Crippen molar-refractivity contribution >= 4 is 5.82 Å². The molecule has 0 atom stereocenters. The Kier molecular flexibility index (Phi) is 4.15. The van der Waals surface area contributed by atoms with Gasteiger partial charge in [0.2, 0.25) is 5.75 Å². The van der Waals surface area contributed by atoms with Crippen molar-refractivity contribution in [3.05, 3.63) is 16.7 Å². The molecule has 1 heterocycles. The van der Waals surface area contributed by atoms with E-state index in [4.69, 9.17) is 4.74 Å². The van der Waals surface area contributed by atoms with Crippen LogP contribution in [-0.4, -0.2) is 23.1 Å². The first kappa shape index (κ1) is 11.6. The fourth-order valence-electron chi connectivity index (χ4n) is 1.37. The van der Waals surface area contributed by atoms with Crippen LogP contribution in [0.2, 0.25) is 0 Å². The molecular weight excluding hydrogens is 194 g/mol. The number of H-pyrrole nitrogens is 1. The minimum Gasteiger partial charge on any atom is -0.489 e. The van der Waals surface area contributed by atoms with E-state index in [-0.39, 0.29) is 11.3 Å². The van der Waals surface area contributed by atoms with Crippen molar-refractivity contribution in [1.29, 1.82) is 0 Å². The Hall–Kier alpha value is -1.52. The molecular formula is C10H17N3O2. The lowest BCUT2D eigenvalue weighted by Crippen LogP contribution is -2.21. The lowest BCUT2D eigenvalue weighted by molar-refractivity contribution is 0.407. The minimum absolute atomic E-state index is 0.240. The number of aromatic nitrogens is 2. The number of nitrogens with one attached hydrogen (secondary N) is 2. The Morgan fingerprint density at radius 2 is 2.20 bits per heavy atom. The maximum absolute atomic E-state index is 11.4. The number of rotatable bonds is 5. The van der Waals surface area contributed by atoms with Crippen LogP contribution < -0.4 is 15.6 Å². The van der Waals surface area contributed by atoms with Gasteiger partial charge in [-0.1, -0.05) is 13.8 Å². The molecule has 1 aromatic rings. The molecule has 0 aliphatic rings. The van der Waals surface area contributed by atoms with Gasteiger partial charge in [-0.15, -0.1) is 0 Å². The fraction of sp³-hybridized carbons (Fsp3) is 0.600. The molecule has 5 nitrogen and oxygen atoms in total. The van der Waals surface area contributed by atoms with Crippen molar-refractivity contribution < 1.29 is 4.74 Å². The molecule has 0 saturated heterocycles. The highest BCUT2D eigenvalue weighted by Crippen LogP contribution is 2.17. The van der Waals surface area contributed by atoms with Crippen LogP contribution in [0.25, 0.3) is 0 Å². The summed E-state index contributed by atoms with van der Waals surface area (Å²) in [6, 6.07) is 0.313. The zero-order valence-electron chi connectivity index (χ0n) is 9.33. The molecule has 0 amide bonds. The highest BCUT2D eigenvalue weighted by molar-refractivity contribution is 5.48. The Bertz CT molecular complexity index is 358. The van der Waals surface area contributed by atoms with Gasteiger partial charge in [0.05, 0.1) is 13.4 Å². The van der Waals surface area contributed by atoms with E-state index in [1.165, 1.54) is 13.4 Å². The van der Waals surface area contributed by atoms with Crippen molar-refractivity contribution in [2.75, 3.05) is 12.4 Å². The summed E-state index contributed by atoms with van der Waals surface area (Å²) in [5.41, 5.74) is -0.263. The second-order valence-electron chi connectivity index (χ2n) is 3.27. The molecule has 0 unspecified atom stereocenters. The minimum atomic E-state index is -0.263. The SMILES string of the molecule is CCC(CC)Nc1nc[nH]c(=O)c1OC. The second kappa shape index (κ2) is 5.38. The molecule has 0 saturated carbocycles. The first-order chi connectivity index (χ1) is 7.22. The number of methoxy groups -OCH3 is 1. The molecule has 15 heavy (non-hydrogen) atoms. The van der Waals surface area contributed by atoms with Gasteiger partial charge in [0.25, 0.3) is 5.56 Å². The molecule has 0 fully saturated rings. The first-order valence-electron chi connectivity index (χ1n) is 5.11. The number of aromatic amines is 1. The molecule has 0 radical (unpaired) electrons. The summed E-state index contributed by atoms with van der Waals surface area (Å²) < 4.78 is 5.00. The van der Waals surface area contributed by atoms with Gasteiger partial charge in [0, 0.05) is 6.04 Å². The lowest BCUT2D eigenvalue weighted by Gasteiger charge is -2.16. The molecule has 0 aliphatic heterocycles. The van der Waals surface area contributed by atoms with Crippen molar-refractivity contribution in [2.24, 2.45) is 0 Å². The van der Waals surface area contributed by atoms with E-state index in [0.29, 0.717) is 11.9 Å². The van der Waals surface area contributed by atoms with Crippen LogP contribution >= 0.6 is 0 Å². The van der Waals surface area contributed by atoms with Gasteiger partial charge < -0.3 is 15.0 Å². The number of hydrogen-bond acceptors (Lipinski definition) is 4. The number of nitrogens with zero attached hydrogens (tertiary/aromatic N) is 1. The molecule has 84 valence electrons. The van der Waals surface area contributed by atoms with Crippen LogP contribution in [0, 0.1) is 0 Å². The smallest absolute Gasteiger partial charge is 0.295 e. The summed E-state index contributed by atoms with van der Waals surface area (Å²) in [5.74, 6) is 0.749. The highest BCUT2D eigenvalue weighted by Gasteiger charge is 2.11. The summed E-state index contributed by atoms with van der Waals surface area (Å²) in [6.45, 7) is 4.17. The Balaban J connectivity index is 2.93. The van der Waals surface area contributed by atoms with Crippen LogP contribution in [-0.2, 0) is 0 Å². The monoisotopic (exact) mass is 211 g/mol. The first-order valence-corrected chi connectivity index (χ1v) is 5.11. The summed E-state index contributed by atoms with van der Waals surface area (Å²) in [6.07, 6.45) is 3.33. The maximum atomic E-state index is 11.4. The third-order valence-electron chi connectivity index (χ3n) is 2.34. The predicted octanol–water partition coefficient (Wildman–Crippen LogP) is 1.38. The number of anilines is 1. The normalized spacial score (nSPS) is 10.4. The molecule has 1 aromatic heterocycles. The standard InChI is InChI=1S/C10H17N3O2/c1-4-7(5-2)13-9-8(15-3)10(14)12-6-11-9/h6-7H,4-5H2,1-3H3,(H2,11,12,13,14). The van der Waals surface area contributed by atoms with Gasteiger partial charge in [-0.25, -0.2) is 4.98 Å². The van der Waals surface area contributed by atoms with Gasteiger partial charge in [0.1, 0.15) is 0 Å². The van der Waals surface area contributed by atoms with Crippen molar-refractivity contribution in [1.82, 2.24) is 9.97 Å². The number of ether oxygens (including phenoxy) is 1. The second-order valence-corrected chi connectivity index (χ2v) is 3.27. The number of hydrogen-bond donors (Lipinski definition) is 2. The molecule has 1 rings (SSSR count). The molecule has 0 spiro atoms. The Morgan fingerprint density at radius 3 is 2.73 bits per heavy atom. The quantitative estimate of drug-likeness (QED) is 0.772. The van der Waals surface area contributed by atoms with Crippen LogP contribution in [0.5, 0.6) is 5.75 Å². The maximum Gasteiger partial charge on any atom is 0.295 e. The van der Waals surface area contributed by atoms with Gasteiger partial charge in [-0.05, 0) is 12.8 Å². The van der Waals surface area contributed by atoms with Crippen LogP contribution in [0.3, 0.4) is 0 Å². The van der Waals surface area contributed by atoms with Crippen LogP contribution in [0.4, 0.5) is 5.82 Å². The fourth-order valence-corrected chi connectivity index (χ4v) is 1.37. The average Bonchev–Trinajstić information content (AvgIpc) is 2.26. The van der Waals surface area contributed by atoms with E-state index >= 15 is 0 Å². The predicted molar refractivity (Wildman–Crippen MR) is 59.4 cm³/mol. The van der Waals surface area contributed by atoms with Crippen molar-refractivity contribution in [3.63, 3.8) is 0 Å². The van der Waals surface area contributed by atoms with E-state index in [2.05, 4.69) is 29.1 Å². The zero-order valence-corrected chi connectivity index (χ0v) is 9.33. The molecule has 0 bridgehead atoms. The van der Waals surface area contributed by atoms with Crippen LogP contribution in [0.1, 0.15) is 26.7 Å². The van der Waals surface area contributed by atoms with E-state index < -0.39 is 0 Å². The Morgan fingerprint density at radius 1 is 1.53 bits per heavy atom. The third-order valence-corrected chi connectivity index (χ3v) is 2.34. The van der Waals surface area contributed by atoms with Crippen molar-refractivity contribution in [2.45, 2.75) is 32.7 Å². The largest absolute Gasteiger partial charge is 0.489 e. The van der Waals surface area contributed by atoms with E-state index in [1.54, 1.807) is 0 Å². The van der Waals surface area contributed by atoms with Gasteiger partial charge in [0.15, 0.2) is 5.82 Å². The lowest BCUT2D eigenvalue weighted by atomic mass is 10.2. The summed E-state index contributed by atoms with van der Waals surface area (Å²) >= 11 is 0. The van der Waals surface area contributed by atoms with E-state index in [1.807, 2.05) is 0 Å². The molecule has 0 aliphatic carbocycles. The van der Waals surface area contributed by atoms with E-state index in [0.717, 1.165) is 12.8 Å². The molecule has 5 heteroatoms. The Labute approximate surface area is 88.9 Å². The third kappa shape index (κ3) is 2.71. The summed E-state index contributed by atoms with van der Waals surface area (Å²) in [7, 11) is 1.46. The van der Waals surface area contributed by atoms with Gasteiger partial charge >= 0.3 is 0 Å². The van der Waals surface area contributed by atoms with E-state index in [9.17, 15) is 4.79 Å². The van der Waals surface area contributed by atoms with Crippen LogP contribution in [0.15, 0.2) is 11.1 Å². The van der Waals surface area contributed by atoms with Crippen molar-refractivity contribution in [3.8, 4) is 5.75 Å². The topological polar surface area (TPSA) is 67.0 Å². The summed E-state index contributed by atoms with van der Waals surface area (Å²) in [4.78, 5) is 17.9. The van der Waals surface area contributed by atoms with Gasteiger partial charge in [-0.3, -0.25) is 4.79 Å².